The number of aliphatic hydroxyl groups is 4. The van der Waals surface area contributed by atoms with Gasteiger partial charge in [0.25, 0.3) is 0 Å². The summed E-state index contributed by atoms with van der Waals surface area (Å²) in [7, 11) is 0. The molecule has 0 saturated carbocycles. The van der Waals surface area contributed by atoms with E-state index in [-0.39, 0.29) is 26.4 Å². The molecule has 0 bridgehead atoms. The summed E-state index contributed by atoms with van der Waals surface area (Å²) in [4.78, 5) is 0. The molecule has 0 saturated heterocycles. The third-order valence-electron chi connectivity index (χ3n) is 3.59. The molecule has 11 nitrogen and oxygen atoms in total. The summed E-state index contributed by atoms with van der Waals surface area (Å²) in [5.41, 5.74) is 0. The first-order valence-corrected chi connectivity index (χ1v) is 10.8. The van der Waals surface area contributed by atoms with E-state index in [4.69, 9.17) is 38.6 Å². The molecule has 5 N–H and O–H groups in total. The van der Waals surface area contributed by atoms with Gasteiger partial charge < -0.3 is 54.2 Å². The van der Waals surface area contributed by atoms with Gasteiger partial charge in [0.15, 0.2) is 0 Å². The van der Waals surface area contributed by atoms with Crippen LogP contribution in [-0.4, -0.2) is 137 Å². The van der Waals surface area contributed by atoms with Crippen molar-refractivity contribution in [2.75, 3.05) is 92.4 Å². The highest BCUT2D eigenvalue weighted by Gasteiger charge is 2.08. The maximum atomic E-state index is 9.83. The van der Waals surface area contributed by atoms with E-state index in [0.29, 0.717) is 65.9 Å². The van der Waals surface area contributed by atoms with Gasteiger partial charge >= 0.3 is 0 Å². The molecule has 0 radical (unpaired) electrons. The molecule has 11 heteroatoms. The smallest absolute Gasteiger partial charge is 0.0897 e. The third-order valence-corrected chi connectivity index (χ3v) is 3.59. The van der Waals surface area contributed by atoms with Crippen molar-refractivity contribution in [1.29, 1.82) is 0 Å². The van der Waals surface area contributed by atoms with Crippen molar-refractivity contribution in [2.45, 2.75) is 38.3 Å². The van der Waals surface area contributed by atoms with E-state index in [9.17, 15) is 10.2 Å². The van der Waals surface area contributed by atoms with Gasteiger partial charge in [-0.2, -0.15) is 0 Å². The van der Waals surface area contributed by atoms with Gasteiger partial charge in [0.05, 0.1) is 104 Å². The van der Waals surface area contributed by atoms with E-state index in [1.165, 1.54) is 0 Å². The highest BCUT2D eigenvalue weighted by Crippen LogP contribution is 1.90. The van der Waals surface area contributed by atoms with Crippen LogP contribution in [0.3, 0.4) is 0 Å². The molecule has 0 aliphatic heterocycles. The van der Waals surface area contributed by atoms with E-state index in [1.54, 1.807) is 13.8 Å². The first-order chi connectivity index (χ1) is 14.9. The molecule has 0 aromatic heterocycles. The lowest BCUT2D eigenvalue weighted by Crippen LogP contribution is -2.37. The zero-order valence-electron chi connectivity index (χ0n) is 18.9. The zero-order valence-corrected chi connectivity index (χ0v) is 18.9. The van der Waals surface area contributed by atoms with Crippen molar-refractivity contribution >= 4 is 0 Å². The minimum atomic E-state index is -0.688. The van der Waals surface area contributed by atoms with Gasteiger partial charge in [0.1, 0.15) is 0 Å². The largest absolute Gasteiger partial charge is 0.391 e. The van der Waals surface area contributed by atoms with Crippen LogP contribution in [-0.2, 0) is 28.4 Å². The molecule has 0 aromatic rings. The summed E-state index contributed by atoms with van der Waals surface area (Å²) in [6.45, 7) is 7.98. The fourth-order valence-electron chi connectivity index (χ4n) is 2.16. The zero-order chi connectivity index (χ0) is 23.2. The Morgan fingerprint density at radius 1 is 0.484 bits per heavy atom. The van der Waals surface area contributed by atoms with Crippen molar-refractivity contribution in [3.05, 3.63) is 0 Å². The molecular weight excluding hydrogens is 414 g/mol. The molecule has 188 valence electrons. The van der Waals surface area contributed by atoms with E-state index in [2.05, 4.69) is 5.32 Å². The van der Waals surface area contributed by atoms with Crippen LogP contribution in [0, 0.1) is 0 Å². The first-order valence-electron chi connectivity index (χ1n) is 10.8. The average Bonchev–Trinajstić information content (AvgIpc) is 2.70. The van der Waals surface area contributed by atoms with Crippen molar-refractivity contribution in [2.24, 2.45) is 0 Å². The van der Waals surface area contributed by atoms with Gasteiger partial charge in [-0.05, 0) is 13.8 Å². The fourth-order valence-corrected chi connectivity index (χ4v) is 2.16. The lowest BCUT2D eigenvalue weighted by Gasteiger charge is -2.15. The molecule has 0 amide bonds. The van der Waals surface area contributed by atoms with Crippen LogP contribution in [0.5, 0.6) is 0 Å². The van der Waals surface area contributed by atoms with Gasteiger partial charge in [0, 0.05) is 13.1 Å². The highest BCUT2D eigenvalue weighted by atomic mass is 16.6. The highest BCUT2D eigenvalue weighted by molar-refractivity contribution is 4.63. The molecule has 0 aliphatic carbocycles. The van der Waals surface area contributed by atoms with Crippen molar-refractivity contribution in [3.63, 3.8) is 0 Å². The van der Waals surface area contributed by atoms with E-state index in [1.807, 2.05) is 0 Å². The normalized spacial score (nSPS) is 15.7. The monoisotopic (exact) mass is 457 g/mol. The Morgan fingerprint density at radius 3 is 1.10 bits per heavy atom. The Kier molecular flexibility index (Phi) is 22.4. The number of aliphatic hydroxyl groups excluding tert-OH is 4. The SMILES string of the molecule is CC(O)COCCOCCOCC(O)CNCC(O)COCCOCCOCC(C)O. The minimum Gasteiger partial charge on any atom is -0.391 e. The van der Waals surface area contributed by atoms with Crippen LogP contribution in [0.2, 0.25) is 0 Å². The minimum absolute atomic E-state index is 0.166. The number of rotatable bonds is 24. The Hall–Kier alpha value is -0.440. The number of hydrogen-bond acceptors (Lipinski definition) is 11. The maximum absolute atomic E-state index is 9.83. The van der Waals surface area contributed by atoms with Crippen LogP contribution in [0.1, 0.15) is 13.8 Å². The molecule has 0 spiro atoms. The van der Waals surface area contributed by atoms with Gasteiger partial charge in [0.2, 0.25) is 0 Å². The Balaban J connectivity index is 3.31. The van der Waals surface area contributed by atoms with Crippen LogP contribution in [0.15, 0.2) is 0 Å². The van der Waals surface area contributed by atoms with E-state index < -0.39 is 24.4 Å². The summed E-state index contributed by atoms with van der Waals surface area (Å²) in [5, 5.41) is 40.7. The molecule has 4 atom stereocenters. The maximum Gasteiger partial charge on any atom is 0.0897 e. The summed E-state index contributed by atoms with van der Waals surface area (Å²) in [6, 6.07) is 0. The van der Waals surface area contributed by atoms with E-state index in [0.717, 1.165) is 0 Å². The Labute approximate surface area is 185 Å². The van der Waals surface area contributed by atoms with Crippen molar-refractivity contribution in [1.82, 2.24) is 5.32 Å². The predicted molar refractivity (Wildman–Crippen MR) is 113 cm³/mol. The average molecular weight is 458 g/mol. The lowest BCUT2D eigenvalue weighted by molar-refractivity contribution is -0.0227. The molecule has 0 fully saturated rings. The Bertz CT molecular complexity index is 331. The molecular formula is C20H43NO10. The van der Waals surface area contributed by atoms with Crippen LogP contribution in [0.4, 0.5) is 0 Å². The molecule has 4 unspecified atom stereocenters. The molecule has 0 rings (SSSR count). The Morgan fingerprint density at radius 2 is 0.774 bits per heavy atom. The van der Waals surface area contributed by atoms with Gasteiger partial charge in [-0.3, -0.25) is 0 Å². The quantitative estimate of drug-likeness (QED) is 0.104. The lowest BCUT2D eigenvalue weighted by atomic mass is 10.3. The van der Waals surface area contributed by atoms with E-state index >= 15 is 0 Å². The van der Waals surface area contributed by atoms with Crippen molar-refractivity contribution in [3.8, 4) is 0 Å². The molecule has 31 heavy (non-hydrogen) atoms. The topological polar surface area (TPSA) is 148 Å². The fraction of sp³-hybridized carbons (Fsp3) is 1.00. The first kappa shape index (κ1) is 30.6. The number of hydrogen-bond donors (Lipinski definition) is 5. The number of ether oxygens (including phenoxy) is 6. The summed E-state index contributed by atoms with van der Waals surface area (Å²) >= 11 is 0. The summed E-state index contributed by atoms with van der Waals surface area (Å²) in [5.74, 6) is 0. The van der Waals surface area contributed by atoms with Crippen LogP contribution in [0.25, 0.3) is 0 Å². The second-order valence-corrected chi connectivity index (χ2v) is 7.19. The molecule has 0 aromatic carbocycles. The summed E-state index contributed by atoms with van der Waals surface area (Å²) in [6.07, 6.45) is -2.34. The standard InChI is InChI=1S/C20H43NO10/c1-17(22)13-28-7-3-26-5-9-30-15-19(24)11-21-12-20(25)16-31-10-6-27-4-8-29-14-18(2)23/h17-25H,3-16H2,1-2H3. The number of nitrogens with one attached hydrogen (secondary N) is 1. The van der Waals surface area contributed by atoms with Gasteiger partial charge in [-0.1, -0.05) is 0 Å². The third kappa shape index (κ3) is 25.7. The summed E-state index contributed by atoms with van der Waals surface area (Å²) < 4.78 is 31.5. The van der Waals surface area contributed by atoms with Crippen LogP contribution < -0.4 is 5.32 Å². The second kappa shape index (κ2) is 22.7. The van der Waals surface area contributed by atoms with Gasteiger partial charge in [-0.15, -0.1) is 0 Å². The molecule has 0 heterocycles. The molecule has 0 aliphatic rings. The van der Waals surface area contributed by atoms with Crippen molar-refractivity contribution < 1.29 is 48.8 Å². The predicted octanol–water partition coefficient (Wildman–Crippen LogP) is -1.84. The van der Waals surface area contributed by atoms with Gasteiger partial charge in [-0.25, -0.2) is 0 Å². The van der Waals surface area contributed by atoms with Crippen LogP contribution >= 0.6 is 0 Å². The second-order valence-electron chi connectivity index (χ2n) is 7.19.